The summed E-state index contributed by atoms with van der Waals surface area (Å²) in [7, 11) is -18.3. The number of nitriles is 1. The number of anilines is 2. The van der Waals surface area contributed by atoms with Crippen LogP contribution in [-0.4, -0.2) is 56.9 Å². The highest BCUT2D eigenvalue weighted by atomic mass is 32.2. The third-order valence-electron chi connectivity index (χ3n) is 9.48. The van der Waals surface area contributed by atoms with Crippen LogP contribution in [0.25, 0.3) is 21.5 Å². The number of azo groups is 2. The van der Waals surface area contributed by atoms with Gasteiger partial charge < -0.3 is 5.32 Å². The summed E-state index contributed by atoms with van der Waals surface area (Å²) in [5.74, 6) is 0.0235. The lowest BCUT2D eigenvalue weighted by atomic mass is 10.0. The Morgan fingerprint density at radius 1 is 0.603 bits per heavy atom. The van der Waals surface area contributed by atoms with Crippen molar-refractivity contribution >= 4 is 96.3 Å². The van der Waals surface area contributed by atoms with Gasteiger partial charge in [-0.25, -0.2) is 4.98 Å². The first-order valence-electron chi connectivity index (χ1n) is 17.8. The monoisotopic (exact) mass is 927 g/mol. The average Bonchev–Trinajstić information content (AvgIpc) is 3.21. The number of fused-ring (bicyclic) bond motifs is 2. The number of hydrogen-bond acceptors (Lipinski definition) is 15. The Hall–Kier alpha value is -6.88. The Balaban J connectivity index is 1.33. The Morgan fingerprint density at radius 2 is 1.19 bits per heavy atom. The minimum absolute atomic E-state index is 0.000933. The highest BCUT2D eigenvalue weighted by Crippen LogP contribution is 2.40. The van der Waals surface area contributed by atoms with Crippen LogP contribution in [0.1, 0.15) is 22.4 Å². The van der Waals surface area contributed by atoms with Crippen molar-refractivity contribution in [2.45, 2.75) is 32.9 Å². The Labute approximate surface area is 359 Å². The first kappa shape index (κ1) is 44.2. The normalized spacial score (nSPS) is 12.6. The standard InChI is InChI=1S/C40H29N7O12S4/c1-23-34(22-41)37(19-24-5-11-28(12-6-24)60(48,49)50)43-40(42-26-9-13-29(14-10-26)61(51,52)53)39(23)47-46-35-17-18-36(33-21-30(62(54,55)56)15-16-31(33)35)45-44-27-8-7-25-3-2-4-38(32(25)20-27)63(57,58)59/h2-18,20-21H,19H2,1H3,(H,42,43)(H,48,49,50)(H,51,52,53)(H,54,55,56)(H,57,58,59). The molecule has 19 nitrogen and oxygen atoms in total. The van der Waals surface area contributed by atoms with Crippen LogP contribution in [-0.2, 0) is 46.9 Å². The van der Waals surface area contributed by atoms with E-state index in [9.17, 15) is 57.1 Å². The van der Waals surface area contributed by atoms with Crippen LogP contribution >= 0.6 is 0 Å². The molecule has 320 valence electrons. The quantitative estimate of drug-likeness (QED) is 0.0565. The van der Waals surface area contributed by atoms with Crippen molar-refractivity contribution in [2.75, 3.05) is 5.32 Å². The van der Waals surface area contributed by atoms with Gasteiger partial charge in [0.15, 0.2) is 5.82 Å². The molecule has 0 aliphatic carbocycles. The van der Waals surface area contributed by atoms with Crippen LogP contribution in [0.5, 0.6) is 0 Å². The van der Waals surface area contributed by atoms with Crippen molar-refractivity contribution in [3.8, 4) is 6.07 Å². The van der Waals surface area contributed by atoms with Gasteiger partial charge >= 0.3 is 0 Å². The first-order chi connectivity index (χ1) is 29.6. The molecule has 6 aromatic carbocycles. The van der Waals surface area contributed by atoms with Crippen molar-refractivity contribution in [1.82, 2.24) is 4.98 Å². The van der Waals surface area contributed by atoms with Gasteiger partial charge in [0.2, 0.25) is 0 Å². The molecule has 0 unspecified atom stereocenters. The van der Waals surface area contributed by atoms with Gasteiger partial charge in [-0.15, -0.1) is 15.3 Å². The zero-order valence-corrected chi connectivity index (χ0v) is 35.3. The lowest BCUT2D eigenvalue weighted by Crippen LogP contribution is -2.05. The molecule has 1 aromatic heterocycles. The summed E-state index contributed by atoms with van der Waals surface area (Å²) in [5.41, 5.74) is 1.78. The summed E-state index contributed by atoms with van der Waals surface area (Å²) in [6.07, 6.45) is 0.000933. The van der Waals surface area contributed by atoms with E-state index in [4.69, 9.17) is 0 Å². The molecule has 0 saturated heterocycles. The zero-order valence-electron chi connectivity index (χ0n) is 32.0. The van der Waals surface area contributed by atoms with Gasteiger partial charge in [-0.3, -0.25) is 18.2 Å². The summed E-state index contributed by atoms with van der Waals surface area (Å²) in [5, 5.41) is 31.8. The van der Waals surface area contributed by atoms with E-state index in [1.807, 2.05) is 0 Å². The predicted molar refractivity (Wildman–Crippen MR) is 228 cm³/mol. The number of hydrogen-bond donors (Lipinski definition) is 5. The molecule has 23 heteroatoms. The molecular formula is C40H29N7O12S4. The Kier molecular flexibility index (Phi) is 11.8. The third-order valence-corrected chi connectivity index (χ3v) is 13.0. The number of nitrogens with zero attached hydrogens (tertiary/aromatic N) is 6. The molecule has 0 aliphatic heterocycles. The highest BCUT2D eigenvalue weighted by molar-refractivity contribution is 7.86. The SMILES string of the molecule is Cc1c(C#N)c(Cc2ccc(S(=O)(=O)O)cc2)nc(Nc2ccc(S(=O)(=O)O)cc2)c1N=Nc1ccc(N=Nc2ccc3cccc(S(=O)(=O)O)c3c2)c2cc(S(=O)(=O)O)ccc12. The van der Waals surface area contributed by atoms with Gasteiger partial charge in [0.05, 0.1) is 43.0 Å². The van der Waals surface area contributed by atoms with E-state index in [1.165, 1.54) is 72.8 Å². The van der Waals surface area contributed by atoms with Crippen LogP contribution in [0.3, 0.4) is 0 Å². The van der Waals surface area contributed by atoms with Crippen molar-refractivity contribution in [1.29, 1.82) is 5.26 Å². The highest BCUT2D eigenvalue weighted by Gasteiger charge is 2.21. The van der Waals surface area contributed by atoms with Crippen molar-refractivity contribution in [3.63, 3.8) is 0 Å². The van der Waals surface area contributed by atoms with Crippen molar-refractivity contribution in [2.24, 2.45) is 20.5 Å². The lowest BCUT2D eigenvalue weighted by molar-refractivity contribution is 0.481. The zero-order chi connectivity index (χ0) is 45.5. The molecule has 0 atom stereocenters. The van der Waals surface area contributed by atoms with Gasteiger partial charge in [-0.2, -0.15) is 44.0 Å². The van der Waals surface area contributed by atoms with Crippen molar-refractivity contribution < 1.29 is 51.9 Å². The minimum atomic E-state index is -4.72. The van der Waals surface area contributed by atoms with E-state index in [2.05, 4.69) is 36.8 Å². The molecule has 63 heavy (non-hydrogen) atoms. The van der Waals surface area contributed by atoms with E-state index in [0.29, 0.717) is 10.9 Å². The lowest BCUT2D eigenvalue weighted by Gasteiger charge is -2.15. The minimum Gasteiger partial charge on any atom is -0.338 e. The van der Waals surface area contributed by atoms with E-state index in [1.54, 1.807) is 25.1 Å². The Bertz CT molecular complexity index is 3580. The third kappa shape index (κ3) is 9.78. The summed E-state index contributed by atoms with van der Waals surface area (Å²) in [4.78, 5) is 3.09. The molecule has 0 saturated carbocycles. The van der Waals surface area contributed by atoms with Crippen LogP contribution in [0.4, 0.5) is 34.3 Å². The molecular weight excluding hydrogens is 899 g/mol. The summed E-state index contributed by atoms with van der Waals surface area (Å²) >= 11 is 0. The van der Waals surface area contributed by atoms with Gasteiger partial charge in [0.1, 0.15) is 16.7 Å². The maximum Gasteiger partial charge on any atom is 0.295 e. The van der Waals surface area contributed by atoms with E-state index < -0.39 is 45.4 Å². The summed E-state index contributed by atoms with van der Waals surface area (Å²) in [6, 6.07) is 27.6. The largest absolute Gasteiger partial charge is 0.338 e. The smallest absolute Gasteiger partial charge is 0.295 e. The second-order valence-electron chi connectivity index (χ2n) is 13.6. The maximum absolute atomic E-state index is 12.2. The number of pyridine rings is 1. The van der Waals surface area contributed by atoms with Gasteiger partial charge in [-0.1, -0.05) is 36.4 Å². The van der Waals surface area contributed by atoms with E-state index in [0.717, 1.165) is 24.3 Å². The molecule has 0 spiro atoms. The van der Waals surface area contributed by atoms with Gasteiger partial charge in [-0.05, 0) is 96.7 Å². The number of nitrogens with one attached hydrogen (secondary N) is 1. The van der Waals surface area contributed by atoms with Crippen LogP contribution in [0.2, 0.25) is 0 Å². The molecule has 5 N–H and O–H groups in total. The molecule has 7 rings (SSSR count). The topological polar surface area (TPSA) is 316 Å². The summed E-state index contributed by atoms with van der Waals surface area (Å²) < 4.78 is 134. The molecule has 0 amide bonds. The first-order valence-corrected chi connectivity index (χ1v) is 23.6. The van der Waals surface area contributed by atoms with Gasteiger partial charge in [0.25, 0.3) is 40.5 Å². The number of rotatable bonds is 12. The Morgan fingerprint density at radius 3 is 1.79 bits per heavy atom. The van der Waals surface area contributed by atoms with Crippen molar-refractivity contribution in [3.05, 3.63) is 138 Å². The maximum atomic E-state index is 12.2. The van der Waals surface area contributed by atoms with Gasteiger partial charge in [0, 0.05) is 33.8 Å². The van der Waals surface area contributed by atoms with Crippen LogP contribution in [0, 0.1) is 18.3 Å². The van der Waals surface area contributed by atoms with Crippen LogP contribution < -0.4 is 5.32 Å². The second kappa shape index (κ2) is 16.8. The van der Waals surface area contributed by atoms with Crippen LogP contribution in [0.15, 0.2) is 155 Å². The second-order valence-corrected chi connectivity index (χ2v) is 19.3. The molecule has 0 bridgehead atoms. The molecule has 0 radical (unpaired) electrons. The molecule has 7 aromatic rings. The molecule has 1 heterocycles. The number of benzene rings is 6. The molecule has 0 fully saturated rings. The summed E-state index contributed by atoms with van der Waals surface area (Å²) in [6.45, 7) is 1.57. The fourth-order valence-electron chi connectivity index (χ4n) is 6.43. The predicted octanol–water partition coefficient (Wildman–Crippen LogP) is 8.72. The fourth-order valence-corrected chi connectivity index (χ4v) is 8.60. The van der Waals surface area contributed by atoms with E-state index in [-0.39, 0.29) is 88.3 Å². The number of aromatic nitrogens is 1. The van der Waals surface area contributed by atoms with E-state index >= 15 is 0 Å². The average molecular weight is 928 g/mol. The molecule has 0 aliphatic rings. The fraction of sp³-hybridized carbons (Fsp3) is 0.0500.